The quantitative estimate of drug-likeness (QED) is 0.211. The lowest BCUT2D eigenvalue weighted by atomic mass is 10.0. The van der Waals surface area contributed by atoms with E-state index < -0.39 is 34.0 Å². The molecule has 1 unspecified atom stereocenters. The molecule has 1 aromatic heterocycles. The van der Waals surface area contributed by atoms with Gasteiger partial charge in [-0.3, -0.25) is 4.79 Å². The molecule has 1 heterocycles. The van der Waals surface area contributed by atoms with E-state index in [1.165, 1.54) is 11.3 Å². The van der Waals surface area contributed by atoms with Gasteiger partial charge in [0.2, 0.25) is 15.8 Å². The van der Waals surface area contributed by atoms with Crippen LogP contribution in [0.2, 0.25) is 0 Å². The number of ketones is 1. The summed E-state index contributed by atoms with van der Waals surface area (Å²) in [6, 6.07) is 25.7. The lowest BCUT2D eigenvalue weighted by Gasteiger charge is -2.18. The van der Waals surface area contributed by atoms with Crippen molar-refractivity contribution in [3.63, 3.8) is 0 Å². The second-order valence-corrected chi connectivity index (χ2v) is 11.4. The molecule has 0 fully saturated rings. The summed E-state index contributed by atoms with van der Waals surface area (Å²) < 4.78 is 62.0. The maximum absolute atomic E-state index is 13.6. The minimum absolute atomic E-state index is 0.0897. The highest BCUT2D eigenvalue weighted by Gasteiger charge is 2.38. The van der Waals surface area contributed by atoms with Crippen molar-refractivity contribution in [1.29, 1.82) is 0 Å². The van der Waals surface area contributed by atoms with Crippen LogP contribution >= 0.6 is 11.3 Å². The van der Waals surface area contributed by atoms with Crippen LogP contribution in [0, 0.1) is 0 Å². The van der Waals surface area contributed by atoms with Crippen molar-refractivity contribution >= 4 is 54.1 Å². The number of aliphatic carboxylic acids is 1. The number of carboxylic acid groups (broad SMARTS) is 1. The lowest BCUT2D eigenvalue weighted by Crippen LogP contribution is -2.34. The Morgan fingerprint density at radius 1 is 0.927 bits per heavy atom. The summed E-state index contributed by atoms with van der Waals surface area (Å²) in [5.74, 6) is -3.17. The fourth-order valence-electron chi connectivity index (χ4n) is 3.78. The van der Waals surface area contributed by atoms with Crippen molar-refractivity contribution in [2.24, 2.45) is 5.73 Å². The molecule has 0 aliphatic heterocycles. The first-order valence-electron chi connectivity index (χ1n) is 11.9. The van der Waals surface area contributed by atoms with Crippen LogP contribution < -0.4 is 10.5 Å². The number of rotatable bonds is 7. The number of thiazole rings is 1. The van der Waals surface area contributed by atoms with Gasteiger partial charge in [-0.2, -0.15) is 17.9 Å². The van der Waals surface area contributed by atoms with Gasteiger partial charge in [0.05, 0.1) is 15.1 Å². The van der Waals surface area contributed by atoms with Gasteiger partial charge in [0.15, 0.2) is 5.01 Å². The van der Waals surface area contributed by atoms with E-state index in [4.69, 9.17) is 15.6 Å². The predicted molar refractivity (Wildman–Crippen MR) is 149 cm³/mol. The molecule has 8 nitrogen and oxygen atoms in total. The van der Waals surface area contributed by atoms with E-state index in [2.05, 4.69) is 9.71 Å². The van der Waals surface area contributed by atoms with Crippen LogP contribution in [0.1, 0.15) is 27.0 Å². The van der Waals surface area contributed by atoms with E-state index in [1.54, 1.807) is 42.5 Å². The van der Waals surface area contributed by atoms with E-state index in [1.807, 2.05) is 48.5 Å². The number of nitrogens with two attached hydrogens (primary N) is 1. The highest BCUT2D eigenvalue weighted by Crippen LogP contribution is 2.28. The fraction of sp³-hybridized carbons (Fsp3) is 0.107. The average molecular weight is 602 g/mol. The van der Waals surface area contributed by atoms with E-state index in [-0.39, 0.29) is 9.90 Å². The molecule has 0 radical (unpaired) electrons. The molecule has 0 amide bonds. The number of carbonyl (C=O) groups excluding carboxylic acids is 1. The zero-order valence-corrected chi connectivity index (χ0v) is 22.6. The first-order chi connectivity index (χ1) is 19.4. The standard InChI is InChI=1S/C26H21N3O3S2.C2HF3O2/c27-16-17-9-11-19(12-10-17)24(25(30)26-28-22-7-3-4-8-23(22)33-26)29-34(31,32)21-14-13-18-5-1-2-6-20(18)15-21;3-2(4,5)1(6)7/h1-15,24,29H,16,27H2;(H,6,7). The molecule has 41 heavy (non-hydrogen) atoms. The molecule has 4 aromatic carbocycles. The van der Waals surface area contributed by atoms with Crippen molar-refractivity contribution in [2.45, 2.75) is 23.7 Å². The number of nitrogens with zero attached hydrogens (tertiary/aromatic N) is 1. The first kappa shape index (κ1) is 29.8. The van der Waals surface area contributed by atoms with Crippen LogP contribution in [0.3, 0.4) is 0 Å². The Morgan fingerprint density at radius 3 is 2.15 bits per heavy atom. The van der Waals surface area contributed by atoms with Gasteiger partial charge in [-0.15, -0.1) is 11.3 Å². The number of carboxylic acids is 1. The minimum atomic E-state index is -5.08. The van der Waals surface area contributed by atoms with E-state index in [0.717, 1.165) is 21.0 Å². The third-order valence-electron chi connectivity index (χ3n) is 5.86. The number of sulfonamides is 1. The molecule has 0 saturated heterocycles. The third kappa shape index (κ3) is 7.13. The van der Waals surface area contributed by atoms with Gasteiger partial charge in [-0.25, -0.2) is 18.2 Å². The van der Waals surface area contributed by atoms with Gasteiger partial charge in [-0.1, -0.05) is 66.7 Å². The number of benzene rings is 4. The first-order valence-corrected chi connectivity index (χ1v) is 14.2. The molecule has 0 bridgehead atoms. The van der Waals surface area contributed by atoms with Gasteiger partial charge < -0.3 is 10.8 Å². The van der Waals surface area contributed by atoms with Crippen LogP contribution in [-0.2, 0) is 21.4 Å². The Morgan fingerprint density at radius 2 is 1.54 bits per heavy atom. The smallest absolute Gasteiger partial charge is 0.475 e. The number of aromatic nitrogens is 1. The van der Waals surface area contributed by atoms with Crippen molar-refractivity contribution in [1.82, 2.24) is 9.71 Å². The summed E-state index contributed by atoms with van der Waals surface area (Å²) in [5.41, 5.74) is 7.81. The minimum Gasteiger partial charge on any atom is -0.475 e. The Bertz CT molecular complexity index is 1790. The predicted octanol–water partition coefficient (Wildman–Crippen LogP) is 5.44. The van der Waals surface area contributed by atoms with Gasteiger partial charge >= 0.3 is 12.1 Å². The van der Waals surface area contributed by atoms with Crippen LogP contribution in [-0.4, -0.2) is 36.4 Å². The van der Waals surface area contributed by atoms with Crippen LogP contribution in [0.4, 0.5) is 13.2 Å². The molecule has 0 spiro atoms. The fourth-order valence-corrected chi connectivity index (χ4v) is 5.93. The number of hydrogen-bond donors (Lipinski definition) is 3. The van der Waals surface area contributed by atoms with Gasteiger partial charge in [0, 0.05) is 6.54 Å². The average Bonchev–Trinajstić information content (AvgIpc) is 3.40. The number of Topliss-reactive ketones (excluding diaryl/α,β-unsaturated/α-hetero) is 1. The number of hydrogen-bond acceptors (Lipinski definition) is 7. The summed E-state index contributed by atoms with van der Waals surface area (Å²) in [4.78, 5) is 27.0. The normalized spacial score (nSPS) is 12.5. The number of para-hydroxylation sites is 1. The summed E-state index contributed by atoms with van der Waals surface area (Å²) in [6.45, 7) is 0.347. The van der Waals surface area contributed by atoms with Crippen LogP contribution in [0.25, 0.3) is 21.0 Å². The Balaban J connectivity index is 0.000000493. The maximum atomic E-state index is 13.6. The molecule has 0 aliphatic carbocycles. The summed E-state index contributed by atoms with van der Waals surface area (Å²) >= 11 is 1.24. The highest BCUT2D eigenvalue weighted by atomic mass is 32.2. The van der Waals surface area contributed by atoms with E-state index in [9.17, 15) is 26.4 Å². The van der Waals surface area contributed by atoms with E-state index >= 15 is 0 Å². The molecule has 4 N–H and O–H groups in total. The van der Waals surface area contributed by atoms with Crippen molar-refractivity contribution in [2.75, 3.05) is 0 Å². The molecule has 0 aliphatic rings. The van der Waals surface area contributed by atoms with Gasteiger partial charge in [0.1, 0.15) is 6.04 Å². The topological polar surface area (TPSA) is 139 Å². The van der Waals surface area contributed by atoms with Gasteiger partial charge in [0.25, 0.3) is 0 Å². The largest absolute Gasteiger partial charge is 0.490 e. The summed E-state index contributed by atoms with van der Waals surface area (Å²) in [5, 5.41) is 9.10. The molecule has 0 saturated carbocycles. The lowest BCUT2D eigenvalue weighted by molar-refractivity contribution is -0.192. The van der Waals surface area contributed by atoms with Crippen LogP contribution in [0.15, 0.2) is 95.9 Å². The molecule has 212 valence electrons. The van der Waals surface area contributed by atoms with Crippen molar-refractivity contribution < 1.29 is 36.3 Å². The molecule has 5 aromatic rings. The molecule has 13 heteroatoms. The van der Waals surface area contributed by atoms with E-state index in [0.29, 0.717) is 17.6 Å². The highest BCUT2D eigenvalue weighted by molar-refractivity contribution is 7.89. The Kier molecular flexibility index (Phi) is 8.83. The maximum Gasteiger partial charge on any atom is 0.490 e. The Hall–Kier alpha value is -4.17. The monoisotopic (exact) mass is 601 g/mol. The second-order valence-electron chi connectivity index (χ2n) is 8.66. The molecule has 5 rings (SSSR count). The molecular formula is C28H22F3N3O5S2. The van der Waals surface area contributed by atoms with Gasteiger partial charge in [-0.05, 0) is 46.2 Å². The number of carbonyl (C=O) groups is 2. The number of nitrogens with one attached hydrogen (secondary N) is 1. The number of fused-ring (bicyclic) bond motifs is 2. The zero-order valence-electron chi connectivity index (χ0n) is 21.0. The molecule has 1 atom stereocenters. The second kappa shape index (κ2) is 12.1. The Labute approximate surface area is 236 Å². The summed E-state index contributed by atoms with van der Waals surface area (Å²) in [7, 11) is -4.02. The summed E-state index contributed by atoms with van der Waals surface area (Å²) in [6.07, 6.45) is -5.08. The third-order valence-corrected chi connectivity index (χ3v) is 8.33. The zero-order chi connectivity index (χ0) is 29.8. The van der Waals surface area contributed by atoms with Crippen molar-refractivity contribution in [3.8, 4) is 0 Å². The number of halogens is 3. The molecular weight excluding hydrogens is 579 g/mol. The van der Waals surface area contributed by atoms with Crippen molar-refractivity contribution in [3.05, 3.63) is 107 Å². The SMILES string of the molecule is NCc1ccc(C(NS(=O)(=O)c2ccc3ccccc3c2)C(=O)c2nc3ccccc3s2)cc1.O=C(O)C(F)(F)F. The van der Waals surface area contributed by atoms with Crippen LogP contribution in [0.5, 0.6) is 0 Å². The number of alkyl halides is 3.